The molecule has 10 aromatic rings. The number of para-hydroxylation sites is 2. The Hall–Kier alpha value is -7.34. The van der Waals surface area contributed by atoms with Crippen molar-refractivity contribution in [3.63, 3.8) is 0 Å². The SMILES string of the molecule is C=C/C=c1\c2n(c3ccccc13)-c1ccccc1C1(C=2C)c2ccccc2Sc2c(-c3nc(-c4cccc5ccccc45)nc(-c4cccc5ccccc45)n3)cccc21. The fraction of sp³-hybridized carbons (Fsp3) is 0.0364. The second-order valence-corrected chi connectivity index (χ2v) is 16.6. The molecule has 60 heavy (non-hydrogen) atoms. The Labute approximate surface area is 351 Å². The van der Waals surface area contributed by atoms with Crippen LogP contribution in [0.4, 0.5) is 0 Å². The van der Waals surface area contributed by atoms with Crippen molar-refractivity contribution in [1.82, 2.24) is 19.5 Å². The molecule has 4 heterocycles. The van der Waals surface area contributed by atoms with Crippen molar-refractivity contribution in [3.8, 4) is 39.9 Å². The Morgan fingerprint density at radius 2 is 1.03 bits per heavy atom. The maximum absolute atomic E-state index is 5.43. The number of rotatable bonds is 4. The van der Waals surface area contributed by atoms with Crippen LogP contribution in [0.3, 0.4) is 0 Å². The van der Waals surface area contributed by atoms with E-state index in [1.54, 1.807) is 0 Å². The average Bonchev–Trinajstić information content (AvgIpc) is 3.64. The normalized spacial score (nSPS) is 15.6. The van der Waals surface area contributed by atoms with Crippen molar-refractivity contribution in [1.29, 1.82) is 0 Å². The predicted octanol–water partition coefficient (Wildman–Crippen LogP) is 12.1. The molecule has 0 aliphatic carbocycles. The molecule has 0 fully saturated rings. The molecule has 1 atom stereocenters. The number of allylic oxidation sites excluding steroid dienone is 1. The van der Waals surface area contributed by atoms with E-state index >= 15 is 0 Å². The molecule has 12 rings (SSSR count). The first kappa shape index (κ1) is 34.7. The van der Waals surface area contributed by atoms with Crippen LogP contribution in [-0.4, -0.2) is 19.5 Å². The summed E-state index contributed by atoms with van der Waals surface area (Å²) in [6, 6.07) is 63.0. The molecule has 282 valence electrons. The van der Waals surface area contributed by atoms with Crippen LogP contribution in [0.2, 0.25) is 0 Å². The van der Waals surface area contributed by atoms with Gasteiger partial charge in [-0.15, -0.1) is 0 Å². The van der Waals surface area contributed by atoms with Crippen LogP contribution in [0.25, 0.3) is 83.9 Å². The average molecular weight is 785 g/mol. The van der Waals surface area contributed by atoms with E-state index in [1.165, 1.54) is 54.3 Å². The lowest BCUT2D eigenvalue weighted by atomic mass is 9.63. The van der Waals surface area contributed by atoms with Gasteiger partial charge in [0.2, 0.25) is 0 Å². The largest absolute Gasteiger partial charge is 0.309 e. The second-order valence-electron chi connectivity index (χ2n) is 15.5. The summed E-state index contributed by atoms with van der Waals surface area (Å²) in [6.45, 7) is 6.51. The van der Waals surface area contributed by atoms with E-state index in [1.807, 2.05) is 17.8 Å². The lowest BCUT2D eigenvalue weighted by Crippen LogP contribution is -2.46. The van der Waals surface area contributed by atoms with E-state index in [0.29, 0.717) is 17.5 Å². The molecule has 0 N–H and O–H groups in total. The van der Waals surface area contributed by atoms with Gasteiger partial charge in [0.1, 0.15) is 0 Å². The summed E-state index contributed by atoms with van der Waals surface area (Å²) in [4.78, 5) is 18.5. The summed E-state index contributed by atoms with van der Waals surface area (Å²) in [6.07, 6.45) is 4.09. The molecule has 2 aliphatic heterocycles. The van der Waals surface area contributed by atoms with Gasteiger partial charge in [-0.05, 0) is 68.9 Å². The predicted molar refractivity (Wildman–Crippen MR) is 248 cm³/mol. The summed E-state index contributed by atoms with van der Waals surface area (Å²) in [5, 5.41) is 8.07. The molecule has 5 heteroatoms. The topological polar surface area (TPSA) is 43.6 Å². The Morgan fingerprint density at radius 1 is 0.517 bits per heavy atom. The number of hydrogen-bond acceptors (Lipinski definition) is 4. The molecule has 2 aromatic heterocycles. The minimum Gasteiger partial charge on any atom is -0.309 e. The number of hydrogen-bond donors (Lipinski definition) is 0. The van der Waals surface area contributed by atoms with Crippen molar-refractivity contribution in [3.05, 3.63) is 216 Å². The van der Waals surface area contributed by atoms with Gasteiger partial charge in [-0.1, -0.05) is 188 Å². The van der Waals surface area contributed by atoms with Crippen LogP contribution in [0.1, 0.15) is 23.6 Å². The summed E-state index contributed by atoms with van der Waals surface area (Å²) >= 11 is 1.81. The lowest BCUT2D eigenvalue weighted by Gasteiger charge is -2.45. The molecule has 2 aliphatic rings. The minimum atomic E-state index is -0.623. The van der Waals surface area contributed by atoms with E-state index in [9.17, 15) is 0 Å². The third-order valence-electron chi connectivity index (χ3n) is 12.5. The molecule has 8 aromatic carbocycles. The first-order chi connectivity index (χ1) is 29.6. The molecule has 1 unspecified atom stereocenters. The van der Waals surface area contributed by atoms with Gasteiger partial charge >= 0.3 is 0 Å². The third-order valence-corrected chi connectivity index (χ3v) is 13.7. The summed E-state index contributed by atoms with van der Waals surface area (Å²) in [7, 11) is 0. The zero-order valence-corrected chi connectivity index (χ0v) is 33.6. The monoisotopic (exact) mass is 784 g/mol. The highest BCUT2D eigenvalue weighted by Crippen LogP contribution is 2.59. The fourth-order valence-corrected chi connectivity index (χ4v) is 11.3. The molecule has 0 amide bonds. The number of nitrogens with zero attached hydrogens (tertiary/aromatic N) is 4. The number of aromatic nitrogens is 4. The molecule has 0 radical (unpaired) electrons. The smallest absolute Gasteiger partial charge is 0.165 e. The van der Waals surface area contributed by atoms with Gasteiger partial charge in [0.25, 0.3) is 0 Å². The highest BCUT2D eigenvalue weighted by molar-refractivity contribution is 7.99. The van der Waals surface area contributed by atoms with E-state index in [0.717, 1.165) is 43.1 Å². The van der Waals surface area contributed by atoms with Crippen LogP contribution >= 0.6 is 11.8 Å². The molecular weight excluding hydrogens is 749 g/mol. The van der Waals surface area contributed by atoms with Crippen molar-refractivity contribution in [2.24, 2.45) is 0 Å². The van der Waals surface area contributed by atoms with Gasteiger partial charge in [0, 0.05) is 37.1 Å². The van der Waals surface area contributed by atoms with Crippen molar-refractivity contribution >= 4 is 55.9 Å². The maximum Gasteiger partial charge on any atom is 0.165 e. The van der Waals surface area contributed by atoms with Crippen molar-refractivity contribution in [2.75, 3.05) is 0 Å². The fourth-order valence-electron chi connectivity index (χ4n) is 10.0. The third kappa shape index (κ3) is 4.84. The first-order valence-electron chi connectivity index (χ1n) is 20.3. The van der Waals surface area contributed by atoms with Crippen LogP contribution in [0, 0.1) is 0 Å². The van der Waals surface area contributed by atoms with E-state index < -0.39 is 5.41 Å². The van der Waals surface area contributed by atoms with Crippen molar-refractivity contribution in [2.45, 2.75) is 22.1 Å². The van der Waals surface area contributed by atoms with Crippen LogP contribution < -0.4 is 10.6 Å². The molecular formula is C55H36N4S. The Balaban J connectivity index is 1.20. The Morgan fingerprint density at radius 3 is 1.73 bits per heavy atom. The van der Waals surface area contributed by atoms with Gasteiger partial charge in [0.05, 0.1) is 22.0 Å². The lowest BCUT2D eigenvalue weighted by molar-refractivity contribution is 0.711. The number of fused-ring (bicyclic) bond motifs is 12. The molecule has 4 nitrogen and oxygen atoms in total. The summed E-state index contributed by atoms with van der Waals surface area (Å²) < 4.78 is 2.47. The highest BCUT2D eigenvalue weighted by Gasteiger charge is 2.49. The van der Waals surface area contributed by atoms with Crippen LogP contribution in [-0.2, 0) is 5.41 Å². The van der Waals surface area contributed by atoms with Gasteiger partial charge in [0.15, 0.2) is 17.5 Å². The Kier molecular flexibility index (Phi) is 7.72. The van der Waals surface area contributed by atoms with Crippen LogP contribution in [0.15, 0.2) is 198 Å². The molecule has 1 spiro atoms. The Bertz CT molecular complexity index is 3470. The minimum absolute atomic E-state index is 0.623. The van der Waals surface area contributed by atoms with Crippen LogP contribution in [0.5, 0.6) is 0 Å². The maximum atomic E-state index is 5.43. The molecule has 0 saturated carbocycles. The van der Waals surface area contributed by atoms with Gasteiger partial charge < -0.3 is 4.57 Å². The molecule has 0 bridgehead atoms. The zero-order chi connectivity index (χ0) is 40.0. The molecule has 0 saturated heterocycles. The van der Waals surface area contributed by atoms with Gasteiger partial charge in [-0.25, -0.2) is 15.0 Å². The quantitative estimate of drug-likeness (QED) is 0.178. The van der Waals surface area contributed by atoms with E-state index in [4.69, 9.17) is 15.0 Å². The number of benzene rings is 8. The second kappa shape index (κ2) is 13.3. The first-order valence-corrected chi connectivity index (χ1v) is 21.1. The van der Waals surface area contributed by atoms with Gasteiger partial charge in [-0.2, -0.15) is 0 Å². The summed E-state index contributed by atoms with van der Waals surface area (Å²) in [5.74, 6) is 1.94. The van der Waals surface area contributed by atoms with E-state index in [-0.39, 0.29) is 0 Å². The zero-order valence-electron chi connectivity index (χ0n) is 32.8. The standard InChI is InChI=1S/C55H36N4S/c1-3-17-40-39-24-8-11-31-47(39)59-48-32-12-9-28-44(48)55(34(2)50(40)59)45-29-10-13-33-49(45)60-51-43(27-16-30-46(51)55)54-57-52(41-25-14-20-35-18-4-6-22-37(35)41)56-53(58-54)42-26-15-21-36-19-5-7-23-38(36)42/h3-33H,1H2,2H3/b40-17-. The highest BCUT2D eigenvalue weighted by atomic mass is 32.2. The summed E-state index contributed by atoms with van der Waals surface area (Å²) in [5.41, 5.74) is 9.66. The van der Waals surface area contributed by atoms with Crippen molar-refractivity contribution < 1.29 is 0 Å². The van der Waals surface area contributed by atoms with Gasteiger partial charge in [-0.3, -0.25) is 0 Å². The van der Waals surface area contributed by atoms with E-state index in [2.05, 4.69) is 200 Å².